The predicted molar refractivity (Wildman–Crippen MR) is 76.9 cm³/mol. The zero-order valence-electron chi connectivity index (χ0n) is 10.8. The van der Waals surface area contributed by atoms with E-state index in [1.165, 1.54) is 17.7 Å². The lowest BCUT2D eigenvalue weighted by molar-refractivity contribution is 0.628. The molecule has 2 atom stereocenters. The van der Waals surface area contributed by atoms with Crippen LogP contribution in [0.1, 0.15) is 23.9 Å². The molecule has 1 fully saturated rings. The molecular formula is C16H14FN3. The molecule has 2 unspecified atom stereocenters. The van der Waals surface area contributed by atoms with E-state index in [2.05, 4.69) is 17.1 Å². The van der Waals surface area contributed by atoms with Crippen LogP contribution in [0.4, 0.5) is 10.3 Å². The molecule has 1 heterocycles. The third-order valence-corrected chi connectivity index (χ3v) is 3.99. The lowest BCUT2D eigenvalue weighted by atomic mass is 10.1. The molecule has 1 saturated carbocycles. The average Bonchev–Trinajstić information content (AvgIpc) is 3.17. The number of nitrogen functional groups attached to an aromatic ring is 1. The molecule has 2 aromatic carbocycles. The number of rotatable bonds is 2. The van der Waals surface area contributed by atoms with Crippen molar-refractivity contribution < 1.29 is 4.39 Å². The van der Waals surface area contributed by atoms with Crippen molar-refractivity contribution in [1.29, 1.82) is 0 Å². The standard InChI is InChI=1S/C16H14FN3/c17-11-6-7-13-15(8-11)20(16(18)19-13)14-9-12(14)10-4-2-1-3-5-10/h1-8,12,14H,9H2,(H2,18,19). The van der Waals surface area contributed by atoms with Gasteiger partial charge < -0.3 is 10.3 Å². The maximum absolute atomic E-state index is 13.4. The first-order valence-corrected chi connectivity index (χ1v) is 6.72. The molecule has 2 N–H and O–H groups in total. The number of fused-ring (bicyclic) bond motifs is 1. The molecule has 0 radical (unpaired) electrons. The summed E-state index contributed by atoms with van der Waals surface area (Å²) in [5.74, 6) is 0.656. The fourth-order valence-electron chi connectivity index (χ4n) is 2.96. The van der Waals surface area contributed by atoms with Crippen LogP contribution in [0.2, 0.25) is 0 Å². The van der Waals surface area contributed by atoms with Gasteiger partial charge in [0.25, 0.3) is 0 Å². The number of aromatic nitrogens is 2. The van der Waals surface area contributed by atoms with E-state index in [0.29, 0.717) is 11.9 Å². The molecule has 4 rings (SSSR count). The zero-order chi connectivity index (χ0) is 13.7. The molecule has 3 aromatic rings. The van der Waals surface area contributed by atoms with E-state index in [1.54, 1.807) is 6.07 Å². The number of imidazole rings is 1. The summed E-state index contributed by atoms with van der Waals surface area (Å²) in [4.78, 5) is 4.32. The summed E-state index contributed by atoms with van der Waals surface area (Å²) in [6.45, 7) is 0. The van der Waals surface area contributed by atoms with Crippen LogP contribution < -0.4 is 5.73 Å². The Morgan fingerprint density at radius 3 is 2.75 bits per heavy atom. The van der Waals surface area contributed by atoms with Crippen molar-refractivity contribution in [3.05, 3.63) is 59.9 Å². The van der Waals surface area contributed by atoms with Gasteiger partial charge >= 0.3 is 0 Å². The van der Waals surface area contributed by atoms with Crippen molar-refractivity contribution in [3.63, 3.8) is 0 Å². The second-order valence-corrected chi connectivity index (χ2v) is 5.29. The normalized spacial score (nSPS) is 21.2. The van der Waals surface area contributed by atoms with Crippen LogP contribution in [0.5, 0.6) is 0 Å². The Bertz CT molecular complexity index is 779. The van der Waals surface area contributed by atoms with E-state index in [1.807, 2.05) is 22.8 Å². The van der Waals surface area contributed by atoms with Crippen LogP contribution in [0.15, 0.2) is 48.5 Å². The number of benzene rings is 2. The zero-order valence-corrected chi connectivity index (χ0v) is 10.8. The van der Waals surface area contributed by atoms with E-state index < -0.39 is 0 Å². The maximum atomic E-state index is 13.4. The average molecular weight is 267 g/mol. The monoisotopic (exact) mass is 267 g/mol. The van der Waals surface area contributed by atoms with Crippen LogP contribution in [-0.4, -0.2) is 9.55 Å². The summed E-state index contributed by atoms with van der Waals surface area (Å²) >= 11 is 0. The molecule has 3 nitrogen and oxygen atoms in total. The number of hydrogen-bond donors (Lipinski definition) is 1. The Hall–Kier alpha value is -2.36. The first-order valence-electron chi connectivity index (χ1n) is 6.72. The predicted octanol–water partition coefficient (Wildman–Crippen LogP) is 3.49. The molecule has 100 valence electrons. The summed E-state index contributed by atoms with van der Waals surface area (Å²) in [5, 5.41) is 0. The Labute approximate surface area is 115 Å². The largest absolute Gasteiger partial charge is 0.369 e. The molecular weight excluding hydrogens is 253 g/mol. The van der Waals surface area contributed by atoms with Gasteiger partial charge in [0, 0.05) is 12.0 Å². The Morgan fingerprint density at radius 2 is 1.95 bits per heavy atom. The van der Waals surface area contributed by atoms with Gasteiger partial charge in [0.2, 0.25) is 5.95 Å². The first kappa shape index (κ1) is 11.5. The Morgan fingerprint density at radius 1 is 1.15 bits per heavy atom. The lowest BCUT2D eigenvalue weighted by Crippen LogP contribution is -2.02. The highest BCUT2D eigenvalue weighted by Gasteiger charge is 2.41. The van der Waals surface area contributed by atoms with E-state index in [4.69, 9.17) is 5.73 Å². The van der Waals surface area contributed by atoms with Crippen molar-refractivity contribution in [2.24, 2.45) is 0 Å². The molecule has 4 heteroatoms. The highest BCUT2D eigenvalue weighted by molar-refractivity contribution is 5.78. The smallest absolute Gasteiger partial charge is 0.201 e. The van der Waals surface area contributed by atoms with Crippen molar-refractivity contribution in [2.45, 2.75) is 18.4 Å². The minimum atomic E-state index is -0.254. The summed E-state index contributed by atoms with van der Waals surface area (Å²) < 4.78 is 15.4. The fourth-order valence-corrected chi connectivity index (χ4v) is 2.96. The van der Waals surface area contributed by atoms with Crippen LogP contribution in [0.3, 0.4) is 0 Å². The molecule has 20 heavy (non-hydrogen) atoms. The van der Waals surface area contributed by atoms with Crippen LogP contribution >= 0.6 is 0 Å². The third-order valence-electron chi connectivity index (χ3n) is 3.99. The highest BCUT2D eigenvalue weighted by atomic mass is 19.1. The molecule has 0 aliphatic heterocycles. The van der Waals surface area contributed by atoms with Gasteiger partial charge in [-0.2, -0.15) is 0 Å². The number of anilines is 1. The van der Waals surface area contributed by atoms with E-state index >= 15 is 0 Å². The van der Waals surface area contributed by atoms with E-state index in [0.717, 1.165) is 17.5 Å². The quantitative estimate of drug-likeness (QED) is 0.772. The summed E-state index contributed by atoms with van der Waals surface area (Å²) in [6.07, 6.45) is 1.02. The topological polar surface area (TPSA) is 43.8 Å². The van der Waals surface area contributed by atoms with Crippen LogP contribution in [0.25, 0.3) is 11.0 Å². The molecule has 0 saturated heterocycles. The summed E-state index contributed by atoms with van der Waals surface area (Å²) in [5.41, 5.74) is 8.85. The van der Waals surface area contributed by atoms with Gasteiger partial charge in [-0.3, -0.25) is 0 Å². The lowest BCUT2D eigenvalue weighted by Gasteiger charge is -2.06. The van der Waals surface area contributed by atoms with Gasteiger partial charge in [-0.05, 0) is 30.2 Å². The number of halogens is 1. The molecule has 0 spiro atoms. The molecule has 1 aromatic heterocycles. The van der Waals surface area contributed by atoms with E-state index in [9.17, 15) is 4.39 Å². The van der Waals surface area contributed by atoms with Gasteiger partial charge in [0.1, 0.15) is 5.82 Å². The van der Waals surface area contributed by atoms with Gasteiger partial charge in [-0.15, -0.1) is 0 Å². The Kier molecular flexibility index (Phi) is 2.33. The number of nitrogens with two attached hydrogens (primary N) is 1. The molecule has 1 aliphatic carbocycles. The first-order chi connectivity index (χ1) is 9.74. The van der Waals surface area contributed by atoms with Crippen molar-refractivity contribution in [2.75, 3.05) is 5.73 Å². The van der Waals surface area contributed by atoms with Crippen LogP contribution in [-0.2, 0) is 0 Å². The Balaban J connectivity index is 1.77. The molecule has 0 bridgehead atoms. The van der Waals surface area contributed by atoms with Crippen molar-refractivity contribution in [3.8, 4) is 0 Å². The van der Waals surface area contributed by atoms with Crippen molar-refractivity contribution in [1.82, 2.24) is 9.55 Å². The molecule has 0 amide bonds. The number of nitrogens with zero attached hydrogens (tertiary/aromatic N) is 2. The summed E-state index contributed by atoms with van der Waals surface area (Å²) in [7, 11) is 0. The van der Waals surface area contributed by atoms with Gasteiger partial charge in [-0.1, -0.05) is 30.3 Å². The van der Waals surface area contributed by atoms with E-state index in [-0.39, 0.29) is 11.9 Å². The minimum absolute atomic E-state index is 0.254. The fraction of sp³-hybridized carbons (Fsp3) is 0.188. The third kappa shape index (κ3) is 1.68. The van der Waals surface area contributed by atoms with Gasteiger partial charge in [0.05, 0.1) is 11.0 Å². The SMILES string of the molecule is Nc1nc2ccc(F)cc2n1C1CC1c1ccccc1. The van der Waals surface area contributed by atoms with Crippen LogP contribution in [0, 0.1) is 5.82 Å². The van der Waals surface area contributed by atoms with Gasteiger partial charge in [-0.25, -0.2) is 9.37 Å². The second-order valence-electron chi connectivity index (χ2n) is 5.29. The summed E-state index contributed by atoms with van der Waals surface area (Å²) in [6, 6.07) is 15.2. The van der Waals surface area contributed by atoms with Crippen molar-refractivity contribution >= 4 is 17.0 Å². The highest BCUT2D eigenvalue weighted by Crippen LogP contribution is 2.53. The maximum Gasteiger partial charge on any atom is 0.201 e. The number of hydrogen-bond acceptors (Lipinski definition) is 2. The molecule has 1 aliphatic rings. The minimum Gasteiger partial charge on any atom is -0.369 e. The van der Waals surface area contributed by atoms with Gasteiger partial charge in [0.15, 0.2) is 0 Å². The second kappa shape index (κ2) is 4.07.